The molecule has 0 fully saturated rings. The zero-order valence-electron chi connectivity index (χ0n) is 18.1. The first-order valence-corrected chi connectivity index (χ1v) is 10.6. The van der Waals surface area contributed by atoms with Crippen molar-refractivity contribution in [1.29, 1.82) is 0 Å². The third-order valence-electron chi connectivity index (χ3n) is 5.44. The summed E-state index contributed by atoms with van der Waals surface area (Å²) >= 11 is 0. The molecule has 3 aromatic rings. The lowest BCUT2D eigenvalue weighted by atomic mass is 10.1. The fourth-order valence-corrected chi connectivity index (χ4v) is 3.63. The lowest BCUT2D eigenvalue weighted by Gasteiger charge is -2.17. The number of anilines is 1. The molecule has 2 amide bonds. The van der Waals surface area contributed by atoms with Crippen LogP contribution in [0.25, 0.3) is 10.8 Å². The number of hydrogen-bond donors (Lipinski definition) is 1. The van der Waals surface area contributed by atoms with Crippen LogP contribution in [0.4, 0.5) is 5.69 Å². The predicted molar refractivity (Wildman–Crippen MR) is 124 cm³/mol. The van der Waals surface area contributed by atoms with Gasteiger partial charge in [0.2, 0.25) is 0 Å². The number of benzene rings is 3. The Kier molecular flexibility index (Phi) is 6.24. The van der Waals surface area contributed by atoms with Gasteiger partial charge < -0.3 is 14.6 Å². The maximum absolute atomic E-state index is 13.3. The maximum Gasteiger partial charge on any atom is 0.338 e. The van der Waals surface area contributed by atoms with E-state index < -0.39 is 23.9 Å². The van der Waals surface area contributed by atoms with Crippen molar-refractivity contribution in [2.24, 2.45) is 0 Å². The molecule has 1 atom stereocenters. The number of rotatable bonds is 8. The fourth-order valence-electron chi connectivity index (χ4n) is 3.63. The van der Waals surface area contributed by atoms with Gasteiger partial charge in [-0.15, -0.1) is 0 Å². The van der Waals surface area contributed by atoms with Gasteiger partial charge in [0.15, 0.2) is 0 Å². The van der Waals surface area contributed by atoms with Crippen molar-refractivity contribution in [2.45, 2.75) is 19.4 Å². The molecule has 0 aromatic heterocycles. The molecule has 0 aliphatic carbocycles. The van der Waals surface area contributed by atoms with E-state index in [0.29, 0.717) is 29.9 Å². The van der Waals surface area contributed by atoms with Crippen molar-refractivity contribution in [3.63, 3.8) is 0 Å². The lowest BCUT2D eigenvalue weighted by Crippen LogP contribution is -2.29. The third-order valence-corrected chi connectivity index (χ3v) is 5.44. The molecule has 7 heteroatoms. The number of aliphatic hydroxyl groups excluding tert-OH is 1. The van der Waals surface area contributed by atoms with E-state index in [-0.39, 0.29) is 23.3 Å². The van der Waals surface area contributed by atoms with Crippen LogP contribution >= 0.6 is 0 Å². The van der Waals surface area contributed by atoms with Gasteiger partial charge in [-0.1, -0.05) is 37.8 Å². The highest BCUT2D eigenvalue weighted by atomic mass is 16.5. The largest absolute Gasteiger partial charge is 0.490 e. The SMILES string of the molecule is C=CCOc1ccc2cccc(N3C(=O)c4ccc(C(=O)OCC(O)CC)cc4C3=O)c2c1. The highest BCUT2D eigenvalue weighted by Crippen LogP contribution is 2.35. The average Bonchev–Trinajstić information content (AvgIpc) is 3.09. The van der Waals surface area contributed by atoms with Gasteiger partial charge in [-0.2, -0.15) is 0 Å². The van der Waals surface area contributed by atoms with E-state index in [4.69, 9.17) is 9.47 Å². The van der Waals surface area contributed by atoms with Crippen LogP contribution in [-0.4, -0.2) is 42.2 Å². The standard InChI is InChI=1S/C26H23NO6/c1-3-12-32-19-10-8-16-6-5-7-23(21(16)14-19)27-24(29)20-11-9-17(13-22(20)25(27)30)26(31)33-15-18(28)4-2/h3,5-11,13-14,18,28H,1,4,12,15H2,2H3. The van der Waals surface area contributed by atoms with Crippen LogP contribution in [0.1, 0.15) is 44.4 Å². The molecule has 168 valence electrons. The van der Waals surface area contributed by atoms with E-state index in [1.165, 1.54) is 18.2 Å². The highest BCUT2D eigenvalue weighted by Gasteiger charge is 2.38. The molecule has 0 spiro atoms. The molecule has 1 heterocycles. The summed E-state index contributed by atoms with van der Waals surface area (Å²) in [6, 6.07) is 15.0. The number of amides is 2. The van der Waals surface area contributed by atoms with Gasteiger partial charge in [-0.25, -0.2) is 9.69 Å². The summed E-state index contributed by atoms with van der Waals surface area (Å²) in [5.41, 5.74) is 0.902. The molecular formula is C26H23NO6. The quantitative estimate of drug-likeness (QED) is 0.318. The Labute approximate surface area is 190 Å². The minimum absolute atomic E-state index is 0.126. The van der Waals surface area contributed by atoms with Gasteiger partial charge >= 0.3 is 5.97 Å². The van der Waals surface area contributed by atoms with Crippen LogP contribution in [0, 0.1) is 0 Å². The van der Waals surface area contributed by atoms with Crippen LogP contribution in [-0.2, 0) is 4.74 Å². The molecule has 1 aliphatic heterocycles. The monoisotopic (exact) mass is 445 g/mol. The Balaban J connectivity index is 1.68. The van der Waals surface area contributed by atoms with E-state index in [2.05, 4.69) is 6.58 Å². The second kappa shape index (κ2) is 9.26. The number of hydrogen-bond acceptors (Lipinski definition) is 6. The molecule has 0 radical (unpaired) electrons. The summed E-state index contributed by atoms with van der Waals surface area (Å²) in [6.07, 6.45) is 1.32. The van der Waals surface area contributed by atoms with Crippen LogP contribution in [0.15, 0.2) is 67.3 Å². The number of esters is 1. The smallest absolute Gasteiger partial charge is 0.338 e. The Bertz CT molecular complexity index is 1260. The summed E-state index contributed by atoms with van der Waals surface area (Å²) < 4.78 is 10.7. The minimum Gasteiger partial charge on any atom is -0.490 e. The van der Waals surface area contributed by atoms with Crippen molar-refractivity contribution < 1.29 is 29.0 Å². The van der Waals surface area contributed by atoms with Crippen molar-refractivity contribution >= 4 is 34.2 Å². The van der Waals surface area contributed by atoms with E-state index in [1.54, 1.807) is 31.2 Å². The molecule has 1 aliphatic rings. The molecule has 0 saturated carbocycles. The Morgan fingerprint density at radius 3 is 2.64 bits per heavy atom. The summed E-state index contributed by atoms with van der Waals surface area (Å²) in [5, 5.41) is 11.1. The van der Waals surface area contributed by atoms with Gasteiger partial charge in [0.25, 0.3) is 11.8 Å². The number of nitrogens with zero attached hydrogens (tertiary/aromatic N) is 1. The number of carbonyl (C=O) groups excluding carboxylic acids is 3. The molecule has 1 N–H and O–H groups in total. The number of carbonyl (C=O) groups is 3. The molecule has 0 saturated heterocycles. The number of ether oxygens (including phenoxy) is 2. The minimum atomic E-state index is -0.756. The molecule has 3 aromatic carbocycles. The predicted octanol–water partition coefficient (Wildman–Crippen LogP) is 4.13. The van der Waals surface area contributed by atoms with Crippen molar-refractivity contribution in [1.82, 2.24) is 0 Å². The molecular weight excluding hydrogens is 422 g/mol. The maximum atomic E-state index is 13.3. The van der Waals surface area contributed by atoms with Crippen molar-refractivity contribution in [3.8, 4) is 5.75 Å². The first kappa shape index (κ1) is 22.2. The third kappa shape index (κ3) is 4.23. The normalized spacial score (nSPS) is 13.7. The van der Waals surface area contributed by atoms with Gasteiger partial charge in [-0.3, -0.25) is 9.59 Å². The van der Waals surface area contributed by atoms with Crippen molar-refractivity contribution in [3.05, 3.63) is 83.9 Å². The average molecular weight is 445 g/mol. The summed E-state index contributed by atoms with van der Waals surface area (Å²) in [6.45, 7) is 5.60. The van der Waals surface area contributed by atoms with E-state index in [9.17, 15) is 19.5 Å². The van der Waals surface area contributed by atoms with Crippen LogP contribution in [0.3, 0.4) is 0 Å². The van der Waals surface area contributed by atoms with Crippen LogP contribution in [0.2, 0.25) is 0 Å². The second-order valence-corrected chi connectivity index (χ2v) is 7.63. The topological polar surface area (TPSA) is 93.1 Å². The summed E-state index contributed by atoms with van der Waals surface area (Å²) in [5.74, 6) is -1.08. The Morgan fingerprint density at radius 2 is 1.88 bits per heavy atom. The van der Waals surface area contributed by atoms with Crippen LogP contribution < -0.4 is 9.64 Å². The number of aliphatic hydroxyl groups is 1. The first-order chi connectivity index (χ1) is 15.9. The van der Waals surface area contributed by atoms with Gasteiger partial charge in [0.05, 0.1) is 28.5 Å². The van der Waals surface area contributed by atoms with E-state index in [0.717, 1.165) is 10.3 Å². The van der Waals surface area contributed by atoms with Gasteiger partial charge in [0.1, 0.15) is 19.0 Å². The lowest BCUT2D eigenvalue weighted by molar-refractivity contribution is 0.0250. The molecule has 4 rings (SSSR count). The fraction of sp³-hybridized carbons (Fsp3) is 0.192. The zero-order valence-corrected chi connectivity index (χ0v) is 18.1. The zero-order chi connectivity index (χ0) is 23.5. The van der Waals surface area contributed by atoms with Gasteiger partial charge in [-0.05, 0) is 48.2 Å². The number of imide groups is 1. The summed E-state index contributed by atoms with van der Waals surface area (Å²) in [4.78, 5) is 39.9. The van der Waals surface area contributed by atoms with Crippen molar-refractivity contribution in [2.75, 3.05) is 18.1 Å². The van der Waals surface area contributed by atoms with E-state index in [1.807, 2.05) is 18.2 Å². The molecule has 7 nitrogen and oxygen atoms in total. The second-order valence-electron chi connectivity index (χ2n) is 7.63. The Hall–Kier alpha value is -3.97. The number of fused-ring (bicyclic) bond motifs is 2. The first-order valence-electron chi connectivity index (χ1n) is 10.6. The van der Waals surface area contributed by atoms with E-state index >= 15 is 0 Å². The molecule has 1 unspecified atom stereocenters. The summed E-state index contributed by atoms with van der Waals surface area (Å²) in [7, 11) is 0. The molecule has 33 heavy (non-hydrogen) atoms. The Morgan fingerprint density at radius 1 is 1.09 bits per heavy atom. The van der Waals surface area contributed by atoms with Gasteiger partial charge in [0, 0.05) is 5.39 Å². The van der Waals surface area contributed by atoms with Crippen LogP contribution in [0.5, 0.6) is 5.75 Å². The highest BCUT2D eigenvalue weighted by molar-refractivity contribution is 6.36. The molecule has 0 bridgehead atoms.